The Morgan fingerprint density at radius 3 is 2.48 bits per heavy atom. The summed E-state index contributed by atoms with van der Waals surface area (Å²) in [6.45, 7) is 6.13. The maximum absolute atomic E-state index is 9.72. The molecule has 3 aromatic heterocycles. The summed E-state index contributed by atoms with van der Waals surface area (Å²) < 4.78 is 0. The Hall–Kier alpha value is -2.87. The second-order valence-corrected chi connectivity index (χ2v) is 8.98. The zero-order valence-corrected chi connectivity index (χ0v) is 18.3. The SMILES string of the molecule is CC(O)CN1CCN(c2nc(-c3cccnc3)nc3sc(-c4ccccc4)cc23)CC1. The Morgan fingerprint density at radius 1 is 1.00 bits per heavy atom. The van der Waals surface area contributed by atoms with Gasteiger partial charge in [0.05, 0.1) is 11.5 Å². The number of piperazine rings is 1. The predicted molar refractivity (Wildman–Crippen MR) is 126 cm³/mol. The summed E-state index contributed by atoms with van der Waals surface area (Å²) >= 11 is 1.70. The maximum Gasteiger partial charge on any atom is 0.164 e. The summed E-state index contributed by atoms with van der Waals surface area (Å²) in [7, 11) is 0. The van der Waals surface area contributed by atoms with E-state index in [2.05, 4.69) is 45.1 Å². The number of aliphatic hydroxyl groups is 1. The van der Waals surface area contributed by atoms with Gasteiger partial charge in [-0.15, -0.1) is 11.3 Å². The Bertz CT molecular complexity index is 1150. The number of nitrogens with zero attached hydrogens (tertiary/aromatic N) is 5. The number of benzene rings is 1. The van der Waals surface area contributed by atoms with Crippen molar-refractivity contribution in [3.63, 3.8) is 0 Å². The molecule has 1 saturated heterocycles. The highest BCUT2D eigenvalue weighted by Gasteiger charge is 2.23. The van der Waals surface area contributed by atoms with E-state index >= 15 is 0 Å². The van der Waals surface area contributed by atoms with Crippen molar-refractivity contribution < 1.29 is 5.11 Å². The maximum atomic E-state index is 9.72. The minimum atomic E-state index is -0.306. The molecule has 1 atom stereocenters. The molecule has 1 aliphatic rings. The zero-order valence-electron chi connectivity index (χ0n) is 17.5. The first-order valence-corrected chi connectivity index (χ1v) is 11.4. The number of thiophene rings is 1. The van der Waals surface area contributed by atoms with E-state index in [1.807, 2.05) is 31.3 Å². The molecule has 4 heterocycles. The molecular weight excluding hydrogens is 406 g/mol. The lowest BCUT2D eigenvalue weighted by molar-refractivity contribution is 0.122. The molecule has 1 unspecified atom stereocenters. The molecule has 1 aromatic carbocycles. The van der Waals surface area contributed by atoms with E-state index in [0.29, 0.717) is 12.4 Å². The van der Waals surface area contributed by atoms with Gasteiger partial charge in [0.1, 0.15) is 10.6 Å². The molecule has 0 saturated carbocycles. The quantitative estimate of drug-likeness (QED) is 0.517. The minimum Gasteiger partial charge on any atom is -0.392 e. The van der Waals surface area contributed by atoms with Crippen molar-refractivity contribution in [1.82, 2.24) is 19.9 Å². The average molecular weight is 432 g/mol. The number of anilines is 1. The van der Waals surface area contributed by atoms with Crippen LogP contribution in [0.4, 0.5) is 5.82 Å². The molecule has 1 fully saturated rings. The van der Waals surface area contributed by atoms with E-state index < -0.39 is 0 Å². The van der Waals surface area contributed by atoms with Gasteiger partial charge in [-0.2, -0.15) is 0 Å². The van der Waals surface area contributed by atoms with Crippen LogP contribution in [-0.4, -0.2) is 63.8 Å². The molecule has 0 radical (unpaired) electrons. The molecule has 5 rings (SSSR count). The molecule has 1 N–H and O–H groups in total. The highest BCUT2D eigenvalue weighted by atomic mass is 32.1. The Kier molecular flexibility index (Phi) is 5.63. The third-order valence-electron chi connectivity index (χ3n) is 5.54. The van der Waals surface area contributed by atoms with E-state index in [1.165, 1.54) is 10.4 Å². The molecule has 0 bridgehead atoms. The number of hydrogen-bond acceptors (Lipinski definition) is 7. The van der Waals surface area contributed by atoms with Crippen LogP contribution in [-0.2, 0) is 0 Å². The number of aromatic nitrogens is 3. The third-order valence-corrected chi connectivity index (χ3v) is 6.62. The van der Waals surface area contributed by atoms with Gasteiger partial charge >= 0.3 is 0 Å². The average Bonchev–Trinajstić information content (AvgIpc) is 3.24. The van der Waals surface area contributed by atoms with E-state index in [-0.39, 0.29) is 6.10 Å². The van der Waals surface area contributed by atoms with Crippen molar-refractivity contribution in [2.24, 2.45) is 0 Å². The van der Waals surface area contributed by atoms with Crippen molar-refractivity contribution >= 4 is 27.4 Å². The predicted octanol–water partition coefficient (Wildman–Crippen LogP) is 3.92. The molecule has 0 amide bonds. The number of hydrogen-bond donors (Lipinski definition) is 1. The Morgan fingerprint density at radius 2 is 1.77 bits per heavy atom. The highest BCUT2D eigenvalue weighted by Crippen LogP contribution is 2.38. The summed E-state index contributed by atoms with van der Waals surface area (Å²) in [5, 5.41) is 10.8. The van der Waals surface area contributed by atoms with E-state index in [0.717, 1.165) is 47.8 Å². The van der Waals surface area contributed by atoms with Gasteiger partial charge in [-0.25, -0.2) is 9.97 Å². The number of rotatable bonds is 5. The van der Waals surface area contributed by atoms with Crippen LogP contribution in [0, 0.1) is 0 Å². The van der Waals surface area contributed by atoms with Crippen LogP contribution >= 0.6 is 11.3 Å². The standard InChI is InChI=1S/C24H25N5OS/c1-17(30)16-28-10-12-29(13-11-28)23-20-14-21(18-6-3-2-4-7-18)31-24(20)27-22(26-23)19-8-5-9-25-15-19/h2-9,14-15,17,30H,10-13,16H2,1H3. The van der Waals surface area contributed by atoms with Gasteiger partial charge in [-0.1, -0.05) is 30.3 Å². The van der Waals surface area contributed by atoms with Gasteiger partial charge in [-0.05, 0) is 30.7 Å². The minimum absolute atomic E-state index is 0.306. The fourth-order valence-electron chi connectivity index (χ4n) is 4.03. The van der Waals surface area contributed by atoms with Gasteiger partial charge < -0.3 is 10.0 Å². The number of aliphatic hydroxyl groups excluding tert-OH is 1. The van der Waals surface area contributed by atoms with Crippen LogP contribution in [0.1, 0.15) is 6.92 Å². The molecule has 31 heavy (non-hydrogen) atoms. The van der Waals surface area contributed by atoms with Crippen molar-refractivity contribution in [2.75, 3.05) is 37.6 Å². The molecule has 7 heteroatoms. The Labute approximate surface area is 185 Å². The van der Waals surface area contributed by atoms with E-state index in [9.17, 15) is 5.11 Å². The fraction of sp³-hybridized carbons (Fsp3) is 0.292. The first kappa shape index (κ1) is 20.1. The summed E-state index contributed by atoms with van der Waals surface area (Å²) in [6.07, 6.45) is 3.28. The largest absolute Gasteiger partial charge is 0.392 e. The number of fused-ring (bicyclic) bond motifs is 1. The summed E-state index contributed by atoms with van der Waals surface area (Å²) in [4.78, 5) is 21.0. The normalized spacial score (nSPS) is 16.0. The van der Waals surface area contributed by atoms with Crippen molar-refractivity contribution in [2.45, 2.75) is 13.0 Å². The van der Waals surface area contributed by atoms with Crippen molar-refractivity contribution in [3.05, 3.63) is 60.9 Å². The van der Waals surface area contributed by atoms with Gasteiger partial charge in [0.15, 0.2) is 5.82 Å². The van der Waals surface area contributed by atoms with Crippen LogP contribution in [0.15, 0.2) is 60.9 Å². The lowest BCUT2D eigenvalue weighted by Gasteiger charge is -2.36. The van der Waals surface area contributed by atoms with Crippen LogP contribution in [0.2, 0.25) is 0 Å². The highest BCUT2D eigenvalue weighted by molar-refractivity contribution is 7.22. The smallest absolute Gasteiger partial charge is 0.164 e. The van der Waals surface area contributed by atoms with Gasteiger partial charge in [0.25, 0.3) is 0 Å². The monoisotopic (exact) mass is 431 g/mol. The lowest BCUT2D eigenvalue weighted by atomic mass is 10.1. The summed E-state index contributed by atoms with van der Waals surface area (Å²) in [6, 6.07) is 16.6. The molecule has 0 aliphatic carbocycles. The third kappa shape index (κ3) is 4.30. The van der Waals surface area contributed by atoms with Crippen LogP contribution in [0.5, 0.6) is 0 Å². The topological polar surface area (TPSA) is 65.4 Å². The molecule has 4 aromatic rings. The molecule has 0 spiro atoms. The van der Waals surface area contributed by atoms with Crippen LogP contribution < -0.4 is 4.90 Å². The van der Waals surface area contributed by atoms with E-state index in [4.69, 9.17) is 9.97 Å². The first-order chi connectivity index (χ1) is 15.2. The molecule has 1 aliphatic heterocycles. The zero-order chi connectivity index (χ0) is 21.2. The second kappa shape index (κ2) is 8.70. The van der Waals surface area contributed by atoms with Crippen LogP contribution in [0.25, 0.3) is 32.0 Å². The van der Waals surface area contributed by atoms with Crippen LogP contribution in [0.3, 0.4) is 0 Å². The number of β-amino-alcohol motifs (C(OH)–C–C–N with tert-alkyl or cyclic N) is 1. The van der Waals surface area contributed by atoms with Gasteiger partial charge in [-0.3, -0.25) is 9.88 Å². The summed E-state index contributed by atoms with van der Waals surface area (Å²) in [5.74, 6) is 1.70. The first-order valence-electron chi connectivity index (χ1n) is 10.6. The van der Waals surface area contributed by atoms with Gasteiger partial charge in [0.2, 0.25) is 0 Å². The van der Waals surface area contributed by atoms with Crippen molar-refractivity contribution in [1.29, 1.82) is 0 Å². The Balaban J connectivity index is 1.56. The fourth-order valence-corrected chi connectivity index (χ4v) is 5.06. The molecule has 6 nitrogen and oxygen atoms in total. The van der Waals surface area contributed by atoms with Crippen molar-refractivity contribution in [3.8, 4) is 21.8 Å². The second-order valence-electron chi connectivity index (χ2n) is 7.94. The summed E-state index contributed by atoms with van der Waals surface area (Å²) in [5.41, 5.74) is 2.12. The molecule has 158 valence electrons. The molecular formula is C24H25N5OS. The van der Waals surface area contributed by atoms with Gasteiger partial charge in [0, 0.05) is 55.6 Å². The lowest BCUT2D eigenvalue weighted by Crippen LogP contribution is -2.48. The van der Waals surface area contributed by atoms with E-state index in [1.54, 1.807) is 17.5 Å². The number of pyridine rings is 1.